The molecule has 0 saturated heterocycles. The van der Waals surface area contributed by atoms with Crippen LogP contribution in [0.1, 0.15) is 309 Å². The van der Waals surface area contributed by atoms with Gasteiger partial charge in [0.2, 0.25) is 5.91 Å². The molecule has 4 N–H and O–H groups in total. The first-order chi connectivity index (χ1) is 29.5. The number of aliphatic hydroxyl groups excluding tert-OH is 3. The van der Waals surface area contributed by atoms with Crippen LogP contribution in [0.5, 0.6) is 0 Å². The van der Waals surface area contributed by atoms with Crippen LogP contribution < -0.4 is 5.32 Å². The van der Waals surface area contributed by atoms with Gasteiger partial charge in [-0.15, -0.1) is 0 Å². The Morgan fingerprint density at radius 2 is 0.667 bits per heavy atom. The molecule has 0 aliphatic rings. The maximum absolute atomic E-state index is 12.5. The van der Waals surface area contributed by atoms with Crippen molar-refractivity contribution in [3.63, 3.8) is 0 Å². The molecule has 0 aromatic heterocycles. The monoisotopic (exact) mass is 848 g/mol. The number of allylic oxidation sites excluding steroid dienone is 2. The number of hydrogen-bond acceptors (Lipinski definition) is 4. The van der Waals surface area contributed by atoms with Gasteiger partial charge < -0.3 is 20.6 Å². The Morgan fingerprint density at radius 3 is 0.967 bits per heavy atom. The Kier molecular flexibility index (Phi) is 50.0. The van der Waals surface area contributed by atoms with Gasteiger partial charge in [-0.05, 0) is 38.5 Å². The highest BCUT2D eigenvalue weighted by atomic mass is 16.3. The Labute approximate surface area is 376 Å². The van der Waals surface area contributed by atoms with Gasteiger partial charge in [0.15, 0.2) is 0 Å². The molecule has 3 atom stereocenters. The molecule has 1 amide bonds. The van der Waals surface area contributed by atoms with Crippen molar-refractivity contribution >= 4 is 5.91 Å². The van der Waals surface area contributed by atoms with E-state index in [9.17, 15) is 20.1 Å². The van der Waals surface area contributed by atoms with E-state index in [4.69, 9.17) is 0 Å². The number of carbonyl (C=O) groups is 1. The minimum absolute atomic E-state index is 0.0408. The Hall–Kier alpha value is -0.910. The van der Waals surface area contributed by atoms with Crippen LogP contribution in [0.3, 0.4) is 0 Å². The van der Waals surface area contributed by atoms with E-state index in [1.54, 1.807) is 0 Å². The highest BCUT2D eigenvalue weighted by Gasteiger charge is 2.21. The maximum Gasteiger partial charge on any atom is 0.222 e. The van der Waals surface area contributed by atoms with Crippen LogP contribution in [0.25, 0.3) is 0 Å². The van der Waals surface area contributed by atoms with E-state index in [0.717, 1.165) is 25.7 Å². The van der Waals surface area contributed by atoms with E-state index in [1.807, 2.05) is 0 Å². The third-order valence-corrected chi connectivity index (χ3v) is 13.1. The molecular formula is C55H109NO4. The van der Waals surface area contributed by atoms with Crippen molar-refractivity contribution in [2.24, 2.45) is 0 Å². The van der Waals surface area contributed by atoms with Gasteiger partial charge in [-0.2, -0.15) is 0 Å². The number of aliphatic hydroxyl groups is 3. The van der Waals surface area contributed by atoms with Gasteiger partial charge in [0.05, 0.1) is 31.3 Å². The van der Waals surface area contributed by atoms with E-state index in [-0.39, 0.29) is 18.9 Å². The summed E-state index contributed by atoms with van der Waals surface area (Å²) >= 11 is 0. The molecule has 5 heteroatoms. The topological polar surface area (TPSA) is 89.8 Å². The zero-order valence-corrected chi connectivity index (χ0v) is 40.9. The first kappa shape index (κ1) is 59.1. The van der Waals surface area contributed by atoms with E-state index in [1.165, 1.54) is 250 Å². The molecule has 0 aromatic carbocycles. The maximum atomic E-state index is 12.5. The van der Waals surface area contributed by atoms with Gasteiger partial charge in [-0.1, -0.05) is 276 Å². The van der Waals surface area contributed by atoms with Crippen LogP contribution >= 0.6 is 0 Å². The van der Waals surface area contributed by atoms with E-state index in [2.05, 4.69) is 31.3 Å². The lowest BCUT2D eigenvalue weighted by atomic mass is 10.0. The zero-order valence-electron chi connectivity index (χ0n) is 40.9. The number of amides is 1. The second-order valence-corrected chi connectivity index (χ2v) is 19.2. The number of carbonyl (C=O) groups excluding carboxylic acids is 1. The molecule has 0 bridgehead atoms. The molecule has 0 aliphatic heterocycles. The second-order valence-electron chi connectivity index (χ2n) is 19.2. The summed E-state index contributed by atoms with van der Waals surface area (Å²) < 4.78 is 0. The number of hydrogen-bond donors (Lipinski definition) is 4. The second kappa shape index (κ2) is 50.7. The van der Waals surface area contributed by atoms with Gasteiger partial charge in [0.25, 0.3) is 0 Å². The van der Waals surface area contributed by atoms with Crippen molar-refractivity contribution in [2.75, 3.05) is 6.61 Å². The SMILES string of the molecule is CCCCCCCCCCCCCC/C=C\CCCCCCCCCCCCCCCCC(O)CC(=O)NC(CO)C(O)CCCCCCCCCCCCCCCCC. The van der Waals surface area contributed by atoms with Gasteiger partial charge in [-0.3, -0.25) is 4.79 Å². The quantitative estimate of drug-likeness (QED) is 0.0363. The average Bonchev–Trinajstić information content (AvgIpc) is 3.24. The Morgan fingerprint density at radius 1 is 0.400 bits per heavy atom. The van der Waals surface area contributed by atoms with Crippen molar-refractivity contribution in [1.82, 2.24) is 5.32 Å². The summed E-state index contributed by atoms with van der Waals surface area (Å²) in [5, 5.41) is 33.6. The van der Waals surface area contributed by atoms with Crippen LogP contribution in [0.15, 0.2) is 12.2 Å². The molecule has 0 aliphatic carbocycles. The summed E-state index contributed by atoms with van der Waals surface area (Å²) in [7, 11) is 0. The van der Waals surface area contributed by atoms with E-state index in [0.29, 0.717) is 12.8 Å². The number of rotatable bonds is 51. The molecule has 0 fully saturated rings. The summed E-state index contributed by atoms with van der Waals surface area (Å²) in [5.41, 5.74) is 0. The normalized spacial score (nSPS) is 13.3. The fourth-order valence-electron chi connectivity index (χ4n) is 8.87. The molecule has 0 heterocycles. The van der Waals surface area contributed by atoms with E-state index < -0.39 is 18.2 Å². The number of nitrogens with one attached hydrogen (secondary N) is 1. The predicted molar refractivity (Wildman–Crippen MR) is 264 cm³/mol. The van der Waals surface area contributed by atoms with Crippen molar-refractivity contribution in [1.29, 1.82) is 0 Å². The lowest BCUT2D eigenvalue weighted by Crippen LogP contribution is -2.46. The van der Waals surface area contributed by atoms with Crippen molar-refractivity contribution in [3.05, 3.63) is 12.2 Å². The molecule has 5 nitrogen and oxygen atoms in total. The average molecular weight is 848 g/mol. The van der Waals surface area contributed by atoms with Crippen LogP contribution in [-0.4, -0.2) is 46.1 Å². The molecule has 358 valence electrons. The third-order valence-electron chi connectivity index (χ3n) is 13.1. The molecule has 0 saturated carbocycles. The largest absolute Gasteiger partial charge is 0.394 e. The summed E-state index contributed by atoms with van der Waals surface area (Å²) in [6.45, 7) is 4.29. The van der Waals surface area contributed by atoms with Crippen LogP contribution in [0, 0.1) is 0 Å². The molecule has 0 radical (unpaired) electrons. The third kappa shape index (κ3) is 46.6. The Balaban J connectivity index is 3.48. The summed E-state index contributed by atoms with van der Waals surface area (Å²) in [6.07, 6.45) is 62.2. The first-order valence-corrected chi connectivity index (χ1v) is 27.5. The first-order valence-electron chi connectivity index (χ1n) is 27.5. The lowest BCUT2D eigenvalue weighted by molar-refractivity contribution is -0.125. The van der Waals surface area contributed by atoms with Crippen molar-refractivity contribution in [2.45, 2.75) is 327 Å². The minimum atomic E-state index is -0.746. The summed E-state index contributed by atoms with van der Waals surface area (Å²) in [4.78, 5) is 12.5. The fraction of sp³-hybridized carbons (Fsp3) is 0.945. The Bertz CT molecular complexity index is 848. The highest BCUT2D eigenvalue weighted by molar-refractivity contribution is 5.76. The molecule has 0 aromatic rings. The fourth-order valence-corrected chi connectivity index (χ4v) is 8.87. The highest BCUT2D eigenvalue weighted by Crippen LogP contribution is 2.18. The molecular weight excluding hydrogens is 739 g/mol. The van der Waals surface area contributed by atoms with Crippen LogP contribution in [-0.2, 0) is 4.79 Å². The van der Waals surface area contributed by atoms with Gasteiger partial charge in [-0.25, -0.2) is 0 Å². The van der Waals surface area contributed by atoms with E-state index >= 15 is 0 Å². The molecule has 0 spiro atoms. The smallest absolute Gasteiger partial charge is 0.222 e. The summed E-state index contributed by atoms with van der Waals surface area (Å²) in [6, 6.07) is -0.655. The van der Waals surface area contributed by atoms with Crippen LogP contribution in [0.4, 0.5) is 0 Å². The minimum Gasteiger partial charge on any atom is -0.394 e. The lowest BCUT2D eigenvalue weighted by Gasteiger charge is -2.23. The number of unbranched alkanes of at least 4 members (excludes halogenated alkanes) is 40. The van der Waals surface area contributed by atoms with Gasteiger partial charge >= 0.3 is 0 Å². The molecule has 0 rings (SSSR count). The summed E-state index contributed by atoms with van der Waals surface area (Å²) in [5.74, 6) is -0.278. The van der Waals surface area contributed by atoms with Gasteiger partial charge in [0, 0.05) is 0 Å². The van der Waals surface area contributed by atoms with Crippen LogP contribution in [0.2, 0.25) is 0 Å². The zero-order chi connectivity index (χ0) is 43.7. The van der Waals surface area contributed by atoms with Gasteiger partial charge in [0.1, 0.15) is 0 Å². The standard InChI is InChI=1S/C55H109NO4/c1-3-5-7-9-11-13-15-17-19-20-21-22-23-24-25-26-27-28-29-30-31-32-33-35-36-38-40-42-44-46-48-52(58)50-55(60)56-53(51-57)54(59)49-47-45-43-41-39-37-34-18-16-14-12-10-8-6-4-2/h24-25,52-54,57-59H,3-23,26-51H2,1-2H3,(H,56,60)/b25-24-. The van der Waals surface area contributed by atoms with Crippen molar-refractivity contribution in [3.8, 4) is 0 Å². The molecule has 60 heavy (non-hydrogen) atoms. The van der Waals surface area contributed by atoms with Crippen molar-refractivity contribution < 1.29 is 20.1 Å². The molecule has 3 unspecified atom stereocenters. The predicted octanol–water partition coefficient (Wildman–Crippen LogP) is 16.7.